The van der Waals surface area contributed by atoms with E-state index in [2.05, 4.69) is 26.6 Å². The zero-order valence-corrected chi connectivity index (χ0v) is 16.5. The van der Waals surface area contributed by atoms with Crippen LogP contribution in [0.2, 0.25) is 5.02 Å². The standard InChI is InChI=1S/C23H19ClN4O/c24-14-9-13-10-21(22-18-12-25-7-6-20(18)27-28-22)29-23(13)17(11-14)15-5-8-26-19-4-2-1-3-16(15)19/h1-5,8-9,11,21,25H,6-7,10,12H2,(H,27,28). The fraction of sp³-hybridized carbons (Fsp3) is 0.217. The van der Waals surface area contributed by atoms with Gasteiger partial charge in [0.05, 0.1) is 5.52 Å². The van der Waals surface area contributed by atoms with Crippen molar-refractivity contribution < 1.29 is 4.74 Å². The van der Waals surface area contributed by atoms with Crippen LogP contribution in [0.1, 0.15) is 28.6 Å². The van der Waals surface area contributed by atoms with Crippen LogP contribution >= 0.6 is 11.6 Å². The van der Waals surface area contributed by atoms with Gasteiger partial charge in [0.25, 0.3) is 0 Å². The normalized spacial score (nSPS) is 17.8. The Morgan fingerprint density at radius 1 is 1.10 bits per heavy atom. The number of aromatic amines is 1. The molecule has 0 saturated heterocycles. The Labute approximate surface area is 173 Å². The first-order valence-electron chi connectivity index (χ1n) is 9.88. The van der Waals surface area contributed by atoms with E-state index in [0.717, 1.165) is 70.0 Å². The van der Waals surface area contributed by atoms with Crippen LogP contribution in [0.15, 0.2) is 48.7 Å². The Balaban J connectivity index is 1.47. The van der Waals surface area contributed by atoms with Crippen LogP contribution in [0.25, 0.3) is 22.0 Å². The lowest BCUT2D eigenvalue weighted by atomic mass is 9.97. The lowest BCUT2D eigenvalue weighted by Gasteiger charge is -2.16. The molecule has 0 amide bonds. The minimum Gasteiger partial charge on any atom is -0.483 e. The highest BCUT2D eigenvalue weighted by Gasteiger charge is 2.32. The molecule has 0 aliphatic carbocycles. The van der Waals surface area contributed by atoms with Crippen LogP contribution in [0.5, 0.6) is 5.75 Å². The lowest BCUT2D eigenvalue weighted by molar-refractivity contribution is 0.232. The summed E-state index contributed by atoms with van der Waals surface area (Å²) in [4.78, 5) is 4.49. The molecule has 2 aromatic carbocycles. The van der Waals surface area contributed by atoms with Crippen molar-refractivity contribution in [3.05, 3.63) is 76.2 Å². The molecule has 2 aliphatic heterocycles. The maximum absolute atomic E-state index is 6.52. The summed E-state index contributed by atoms with van der Waals surface area (Å²) >= 11 is 6.51. The van der Waals surface area contributed by atoms with Crippen molar-refractivity contribution in [2.75, 3.05) is 6.54 Å². The molecule has 1 unspecified atom stereocenters. The third-order valence-electron chi connectivity index (χ3n) is 5.88. The Bertz CT molecular complexity index is 1240. The largest absolute Gasteiger partial charge is 0.483 e. The van der Waals surface area contributed by atoms with Crippen LogP contribution in [0.4, 0.5) is 0 Å². The predicted molar refractivity (Wildman–Crippen MR) is 113 cm³/mol. The monoisotopic (exact) mass is 402 g/mol. The number of ether oxygens (including phenoxy) is 1. The highest BCUT2D eigenvalue weighted by Crippen LogP contribution is 2.46. The summed E-state index contributed by atoms with van der Waals surface area (Å²) in [6.45, 7) is 1.81. The van der Waals surface area contributed by atoms with E-state index in [-0.39, 0.29) is 6.10 Å². The van der Waals surface area contributed by atoms with Gasteiger partial charge in [-0.25, -0.2) is 0 Å². The average molecular weight is 403 g/mol. The first kappa shape index (κ1) is 17.0. The number of rotatable bonds is 2. The summed E-state index contributed by atoms with van der Waals surface area (Å²) in [6.07, 6.45) is 3.48. The second-order valence-corrected chi connectivity index (χ2v) is 8.06. The van der Waals surface area contributed by atoms with E-state index in [1.54, 1.807) is 0 Å². The van der Waals surface area contributed by atoms with E-state index in [0.29, 0.717) is 0 Å². The summed E-state index contributed by atoms with van der Waals surface area (Å²) in [5.41, 5.74) is 7.65. The van der Waals surface area contributed by atoms with Gasteiger partial charge in [-0.1, -0.05) is 29.8 Å². The summed E-state index contributed by atoms with van der Waals surface area (Å²) in [6, 6.07) is 14.2. The average Bonchev–Trinajstić information content (AvgIpc) is 3.36. The van der Waals surface area contributed by atoms with Crippen LogP contribution in [0, 0.1) is 0 Å². The van der Waals surface area contributed by atoms with Crippen molar-refractivity contribution in [3.63, 3.8) is 0 Å². The predicted octanol–water partition coefficient (Wildman–Crippen LogP) is 4.60. The molecule has 0 bridgehead atoms. The molecule has 0 saturated carbocycles. The fourth-order valence-electron chi connectivity index (χ4n) is 4.52. The second kappa shape index (κ2) is 6.58. The SMILES string of the molecule is Clc1cc2c(c(-c3ccnc4ccccc34)c1)OC(c1n[nH]c3c1CNCC3)C2. The number of fused-ring (bicyclic) bond motifs is 3. The zero-order valence-electron chi connectivity index (χ0n) is 15.7. The molecule has 5 nitrogen and oxygen atoms in total. The smallest absolute Gasteiger partial charge is 0.147 e. The summed E-state index contributed by atoms with van der Waals surface area (Å²) in [7, 11) is 0. The van der Waals surface area contributed by atoms with Gasteiger partial charge in [0, 0.05) is 64.9 Å². The highest BCUT2D eigenvalue weighted by atomic mass is 35.5. The van der Waals surface area contributed by atoms with Crippen molar-refractivity contribution in [2.24, 2.45) is 0 Å². The minimum absolute atomic E-state index is 0.102. The third-order valence-corrected chi connectivity index (χ3v) is 6.10. The maximum atomic E-state index is 6.52. The Morgan fingerprint density at radius 3 is 3.00 bits per heavy atom. The van der Waals surface area contributed by atoms with Crippen molar-refractivity contribution in [2.45, 2.75) is 25.5 Å². The number of halogens is 1. The van der Waals surface area contributed by atoms with Gasteiger partial charge in [0.1, 0.15) is 17.5 Å². The topological polar surface area (TPSA) is 62.8 Å². The number of nitrogens with one attached hydrogen (secondary N) is 2. The van der Waals surface area contributed by atoms with Gasteiger partial charge in [-0.2, -0.15) is 5.10 Å². The van der Waals surface area contributed by atoms with Gasteiger partial charge in [-0.15, -0.1) is 0 Å². The molecule has 0 spiro atoms. The van der Waals surface area contributed by atoms with Crippen LogP contribution in [0.3, 0.4) is 0 Å². The van der Waals surface area contributed by atoms with Crippen LogP contribution < -0.4 is 10.1 Å². The van der Waals surface area contributed by atoms with Gasteiger partial charge in [-0.3, -0.25) is 10.1 Å². The molecular weight excluding hydrogens is 384 g/mol. The molecule has 6 heteroatoms. The Kier molecular flexibility index (Phi) is 3.86. The molecule has 0 fully saturated rings. The van der Waals surface area contributed by atoms with E-state index < -0.39 is 0 Å². The van der Waals surface area contributed by atoms with Crippen LogP contribution in [-0.2, 0) is 19.4 Å². The van der Waals surface area contributed by atoms with E-state index in [1.807, 2.05) is 42.6 Å². The molecule has 1 atom stereocenters. The van der Waals surface area contributed by atoms with Crippen molar-refractivity contribution in [1.82, 2.24) is 20.5 Å². The minimum atomic E-state index is -0.102. The molecule has 0 radical (unpaired) electrons. The number of benzene rings is 2. The van der Waals surface area contributed by atoms with E-state index in [4.69, 9.17) is 16.3 Å². The van der Waals surface area contributed by atoms with Crippen molar-refractivity contribution >= 4 is 22.5 Å². The van der Waals surface area contributed by atoms with Gasteiger partial charge in [0.2, 0.25) is 0 Å². The summed E-state index contributed by atoms with van der Waals surface area (Å²) in [5.74, 6) is 0.899. The molecular formula is C23H19ClN4O. The Morgan fingerprint density at radius 2 is 2.03 bits per heavy atom. The third kappa shape index (κ3) is 2.73. The summed E-state index contributed by atoms with van der Waals surface area (Å²) in [5, 5.41) is 13.1. The van der Waals surface area contributed by atoms with E-state index in [1.165, 1.54) is 11.3 Å². The number of pyridine rings is 1. The van der Waals surface area contributed by atoms with Gasteiger partial charge in [0.15, 0.2) is 0 Å². The zero-order chi connectivity index (χ0) is 19.4. The molecule has 4 aromatic rings. The molecule has 4 heterocycles. The molecule has 2 aromatic heterocycles. The first-order valence-corrected chi connectivity index (χ1v) is 10.3. The van der Waals surface area contributed by atoms with Gasteiger partial charge < -0.3 is 10.1 Å². The highest BCUT2D eigenvalue weighted by molar-refractivity contribution is 6.31. The quantitative estimate of drug-likeness (QED) is 0.514. The molecule has 2 aliphatic rings. The first-order chi connectivity index (χ1) is 14.3. The lowest BCUT2D eigenvalue weighted by Crippen LogP contribution is -2.24. The van der Waals surface area contributed by atoms with Gasteiger partial charge in [-0.05, 0) is 29.8 Å². The second-order valence-electron chi connectivity index (χ2n) is 7.62. The summed E-state index contributed by atoms with van der Waals surface area (Å²) < 4.78 is 6.52. The molecule has 29 heavy (non-hydrogen) atoms. The van der Waals surface area contributed by atoms with Gasteiger partial charge >= 0.3 is 0 Å². The number of aromatic nitrogens is 3. The number of hydrogen-bond acceptors (Lipinski definition) is 4. The number of nitrogens with zero attached hydrogens (tertiary/aromatic N) is 2. The maximum Gasteiger partial charge on any atom is 0.147 e. The number of H-pyrrole nitrogens is 1. The van der Waals surface area contributed by atoms with Crippen molar-refractivity contribution in [1.29, 1.82) is 0 Å². The fourth-order valence-corrected chi connectivity index (χ4v) is 4.76. The Hall–Kier alpha value is -2.89. The van der Waals surface area contributed by atoms with Crippen LogP contribution in [-0.4, -0.2) is 21.7 Å². The molecule has 2 N–H and O–H groups in total. The van der Waals surface area contributed by atoms with E-state index in [9.17, 15) is 0 Å². The molecule has 6 rings (SSSR count). The number of hydrogen-bond donors (Lipinski definition) is 2. The van der Waals surface area contributed by atoms with Crippen molar-refractivity contribution in [3.8, 4) is 16.9 Å². The molecule has 144 valence electrons. The van der Waals surface area contributed by atoms with E-state index >= 15 is 0 Å². The number of para-hydroxylation sites is 1.